The first-order valence-electron chi connectivity index (χ1n) is 3.37. The van der Waals surface area contributed by atoms with Crippen LogP contribution in [0.4, 0.5) is 5.82 Å². The first-order valence-corrected chi connectivity index (χ1v) is 3.37. The number of aliphatic hydroxyl groups is 1. The Morgan fingerprint density at radius 3 is 3.09 bits per heavy atom. The molecule has 0 bridgehead atoms. The maximum absolute atomic E-state index is 8.59. The summed E-state index contributed by atoms with van der Waals surface area (Å²) in [4.78, 5) is 0. The van der Waals surface area contributed by atoms with Crippen LogP contribution in [0.2, 0.25) is 0 Å². The van der Waals surface area contributed by atoms with Crippen LogP contribution < -0.4 is 11.1 Å². The van der Waals surface area contributed by atoms with Crippen LogP contribution in [0.15, 0.2) is 10.6 Å². The van der Waals surface area contributed by atoms with Crippen LogP contribution in [0.1, 0.15) is 5.76 Å². The molecule has 5 heteroatoms. The standard InChI is InChI=1S/C6H11N3O2/c7-1-2-8-6-3-5(4-10)11-9-6/h3,10H,1-2,4,7H2,(H,8,9). The summed E-state index contributed by atoms with van der Waals surface area (Å²) in [6, 6.07) is 1.63. The Morgan fingerprint density at radius 2 is 2.55 bits per heavy atom. The minimum atomic E-state index is -0.128. The number of nitrogens with one attached hydrogen (secondary N) is 1. The van der Waals surface area contributed by atoms with Crippen LogP contribution in [0, 0.1) is 0 Å². The van der Waals surface area contributed by atoms with Crippen molar-refractivity contribution in [2.45, 2.75) is 6.61 Å². The fraction of sp³-hybridized carbons (Fsp3) is 0.500. The van der Waals surface area contributed by atoms with Gasteiger partial charge in [0.1, 0.15) is 6.61 Å². The Morgan fingerprint density at radius 1 is 1.73 bits per heavy atom. The van der Waals surface area contributed by atoms with Crippen molar-refractivity contribution in [3.05, 3.63) is 11.8 Å². The lowest BCUT2D eigenvalue weighted by Crippen LogP contribution is -2.13. The monoisotopic (exact) mass is 157 g/mol. The van der Waals surface area contributed by atoms with Gasteiger partial charge in [0, 0.05) is 19.2 Å². The molecule has 0 aliphatic heterocycles. The average molecular weight is 157 g/mol. The first kappa shape index (κ1) is 8.03. The second-order valence-corrected chi connectivity index (χ2v) is 2.05. The van der Waals surface area contributed by atoms with E-state index in [9.17, 15) is 0 Å². The van der Waals surface area contributed by atoms with Crippen LogP contribution in [-0.4, -0.2) is 23.4 Å². The average Bonchev–Trinajstić information content (AvgIpc) is 2.48. The van der Waals surface area contributed by atoms with Gasteiger partial charge in [0.2, 0.25) is 0 Å². The smallest absolute Gasteiger partial charge is 0.169 e. The number of hydrogen-bond donors (Lipinski definition) is 3. The Bertz CT molecular complexity index is 211. The van der Waals surface area contributed by atoms with Crippen molar-refractivity contribution >= 4 is 5.82 Å². The van der Waals surface area contributed by atoms with E-state index in [4.69, 9.17) is 15.4 Å². The zero-order valence-corrected chi connectivity index (χ0v) is 6.08. The number of aromatic nitrogens is 1. The lowest BCUT2D eigenvalue weighted by atomic mass is 10.4. The van der Waals surface area contributed by atoms with E-state index in [1.165, 1.54) is 0 Å². The molecule has 0 saturated heterocycles. The summed E-state index contributed by atoms with van der Waals surface area (Å²) in [7, 11) is 0. The van der Waals surface area contributed by atoms with Crippen molar-refractivity contribution in [1.82, 2.24) is 5.16 Å². The predicted molar refractivity (Wildman–Crippen MR) is 40.0 cm³/mol. The van der Waals surface area contributed by atoms with Gasteiger partial charge < -0.3 is 20.7 Å². The fourth-order valence-electron chi connectivity index (χ4n) is 0.671. The van der Waals surface area contributed by atoms with E-state index >= 15 is 0 Å². The second kappa shape index (κ2) is 3.95. The van der Waals surface area contributed by atoms with Crippen molar-refractivity contribution < 1.29 is 9.63 Å². The largest absolute Gasteiger partial charge is 0.388 e. The summed E-state index contributed by atoms with van der Waals surface area (Å²) in [5.74, 6) is 1.06. The molecule has 0 unspecified atom stereocenters. The fourth-order valence-corrected chi connectivity index (χ4v) is 0.671. The summed E-state index contributed by atoms with van der Waals surface area (Å²) in [5, 5.41) is 15.1. The minimum Gasteiger partial charge on any atom is -0.388 e. The molecule has 0 amide bonds. The van der Waals surface area contributed by atoms with Crippen molar-refractivity contribution in [2.24, 2.45) is 5.73 Å². The highest BCUT2D eigenvalue weighted by Crippen LogP contribution is 2.07. The van der Waals surface area contributed by atoms with Crippen molar-refractivity contribution in [3.8, 4) is 0 Å². The molecule has 0 saturated carbocycles. The van der Waals surface area contributed by atoms with Gasteiger partial charge in [-0.2, -0.15) is 0 Å². The van der Waals surface area contributed by atoms with E-state index in [2.05, 4.69) is 10.5 Å². The molecule has 1 rings (SSSR count). The number of anilines is 1. The summed E-state index contributed by atoms with van der Waals surface area (Å²) in [5.41, 5.74) is 5.25. The maximum Gasteiger partial charge on any atom is 0.169 e. The molecule has 0 aliphatic carbocycles. The topological polar surface area (TPSA) is 84.3 Å². The van der Waals surface area contributed by atoms with E-state index in [1.807, 2.05) is 0 Å². The van der Waals surface area contributed by atoms with Crippen molar-refractivity contribution in [3.63, 3.8) is 0 Å². The zero-order chi connectivity index (χ0) is 8.10. The molecule has 4 N–H and O–H groups in total. The lowest BCUT2D eigenvalue weighted by Gasteiger charge is -1.95. The SMILES string of the molecule is NCCNc1cc(CO)on1. The number of aliphatic hydroxyl groups excluding tert-OH is 1. The first-order chi connectivity index (χ1) is 5.36. The molecule has 0 spiro atoms. The van der Waals surface area contributed by atoms with Gasteiger partial charge in [-0.05, 0) is 0 Å². The molecule has 0 radical (unpaired) electrons. The van der Waals surface area contributed by atoms with Gasteiger partial charge in [-0.25, -0.2) is 0 Å². The molecule has 1 aromatic heterocycles. The molecule has 1 heterocycles. The molecule has 1 aromatic rings. The predicted octanol–water partition coefficient (Wildman–Crippen LogP) is -0.463. The second-order valence-electron chi connectivity index (χ2n) is 2.05. The van der Waals surface area contributed by atoms with Gasteiger partial charge in [0.25, 0.3) is 0 Å². The third-order valence-corrected chi connectivity index (χ3v) is 1.17. The number of hydrogen-bond acceptors (Lipinski definition) is 5. The van der Waals surface area contributed by atoms with Gasteiger partial charge in [-0.1, -0.05) is 5.16 Å². The maximum atomic E-state index is 8.59. The van der Waals surface area contributed by atoms with Crippen LogP contribution in [0.3, 0.4) is 0 Å². The van der Waals surface area contributed by atoms with Gasteiger partial charge in [-0.3, -0.25) is 0 Å². The number of nitrogens with zero attached hydrogens (tertiary/aromatic N) is 1. The molecule has 0 aliphatic rings. The summed E-state index contributed by atoms with van der Waals surface area (Å²) >= 11 is 0. The molecule has 0 fully saturated rings. The highest BCUT2D eigenvalue weighted by molar-refractivity contribution is 5.33. The molecular formula is C6H11N3O2. The van der Waals surface area contributed by atoms with E-state index < -0.39 is 0 Å². The van der Waals surface area contributed by atoms with Crippen LogP contribution >= 0.6 is 0 Å². The van der Waals surface area contributed by atoms with Gasteiger partial charge in [0.15, 0.2) is 11.6 Å². The van der Waals surface area contributed by atoms with E-state index in [0.717, 1.165) is 0 Å². The normalized spacial score (nSPS) is 10.0. The van der Waals surface area contributed by atoms with Crippen LogP contribution in [0.25, 0.3) is 0 Å². The van der Waals surface area contributed by atoms with Gasteiger partial charge >= 0.3 is 0 Å². The zero-order valence-electron chi connectivity index (χ0n) is 6.08. The highest BCUT2D eigenvalue weighted by Gasteiger charge is 1.99. The molecule has 62 valence electrons. The van der Waals surface area contributed by atoms with Gasteiger partial charge in [-0.15, -0.1) is 0 Å². The quantitative estimate of drug-likeness (QED) is 0.550. The Labute approximate surface area is 64.2 Å². The van der Waals surface area contributed by atoms with Crippen molar-refractivity contribution in [2.75, 3.05) is 18.4 Å². The van der Waals surface area contributed by atoms with Crippen LogP contribution in [-0.2, 0) is 6.61 Å². The molecule has 5 nitrogen and oxygen atoms in total. The minimum absolute atomic E-state index is 0.128. The third kappa shape index (κ3) is 2.21. The molecule has 11 heavy (non-hydrogen) atoms. The van der Waals surface area contributed by atoms with Crippen LogP contribution in [0.5, 0.6) is 0 Å². The Kier molecular flexibility index (Phi) is 2.88. The summed E-state index contributed by atoms with van der Waals surface area (Å²) in [6.45, 7) is 1.07. The number of nitrogens with two attached hydrogens (primary N) is 1. The third-order valence-electron chi connectivity index (χ3n) is 1.17. The Hall–Kier alpha value is -1.07. The summed E-state index contributed by atoms with van der Waals surface area (Å²) < 4.78 is 4.71. The van der Waals surface area contributed by atoms with E-state index in [-0.39, 0.29) is 6.61 Å². The molecule has 0 atom stereocenters. The molecular weight excluding hydrogens is 146 g/mol. The number of rotatable bonds is 4. The lowest BCUT2D eigenvalue weighted by molar-refractivity contribution is 0.229. The van der Waals surface area contributed by atoms with E-state index in [0.29, 0.717) is 24.7 Å². The van der Waals surface area contributed by atoms with Crippen molar-refractivity contribution in [1.29, 1.82) is 0 Å². The molecule has 0 aromatic carbocycles. The highest BCUT2D eigenvalue weighted by atomic mass is 16.5. The summed E-state index contributed by atoms with van der Waals surface area (Å²) in [6.07, 6.45) is 0. The van der Waals surface area contributed by atoms with Gasteiger partial charge in [0.05, 0.1) is 0 Å². The Balaban J connectivity index is 2.44. The van der Waals surface area contributed by atoms with E-state index in [1.54, 1.807) is 6.07 Å².